The van der Waals surface area contributed by atoms with Crippen LogP contribution in [0.3, 0.4) is 0 Å². The Morgan fingerprint density at radius 2 is 2.08 bits per heavy atom. The Kier molecular flexibility index (Phi) is 7.52. The van der Waals surface area contributed by atoms with Crippen LogP contribution in [0, 0.1) is 0 Å². The number of nitrogens with one attached hydrogen (secondary N) is 2. The molecular weight excluding hydrogens is 304 g/mol. The fourth-order valence-corrected chi connectivity index (χ4v) is 3.03. The Bertz CT molecular complexity index is 505. The van der Waals surface area contributed by atoms with Crippen LogP contribution in [-0.4, -0.2) is 65.6 Å². The third-order valence-electron chi connectivity index (χ3n) is 4.10. The summed E-state index contributed by atoms with van der Waals surface area (Å²) in [4.78, 5) is 7.11. The number of hydrogen-bond donors (Lipinski definition) is 2. The lowest BCUT2D eigenvalue weighted by Crippen LogP contribution is -2.46. The molecule has 0 spiro atoms. The first-order valence-corrected chi connectivity index (χ1v) is 8.95. The van der Waals surface area contributed by atoms with E-state index in [0.717, 1.165) is 50.8 Å². The Morgan fingerprint density at radius 3 is 2.71 bits per heavy atom. The molecule has 24 heavy (non-hydrogen) atoms. The van der Waals surface area contributed by atoms with Crippen molar-refractivity contribution < 1.29 is 4.74 Å². The van der Waals surface area contributed by atoms with E-state index in [1.165, 1.54) is 0 Å². The van der Waals surface area contributed by atoms with Gasteiger partial charge in [-0.3, -0.25) is 9.58 Å². The highest BCUT2D eigenvalue weighted by Gasteiger charge is 2.21. The lowest BCUT2D eigenvalue weighted by molar-refractivity contribution is -0.0679. The molecule has 2 atom stereocenters. The van der Waals surface area contributed by atoms with Crippen LogP contribution in [0.1, 0.15) is 32.9 Å². The predicted molar refractivity (Wildman–Crippen MR) is 97.1 cm³/mol. The Morgan fingerprint density at radius 1 is 1.33 bits per heavy atom. The van der Waals surface area contributed by atoms with Crippen molar-refractivity contribution in [1.82, 2.24) is 25.3 Å². The van der Waals surface area contributed by atoms with Gasteiger partial charge >= 0.3 is 0 Å². The molecular formula is C17H32N6O. The summed E-state index contributed by atoms with van der Waals surface area (Å²) in [6.07, 6.45) is 3.56. The molecule has 2 unspecified atom stereocenters. The summed E-state index contributed by atoms with van der Waals surface area (Å²) in [5.74, 6) is 0.863. The Labute approximate surface area is 145 Å². The number of nitrogens with zero attached hydrogens (tertiary/aromatic N) is 4. The van der Waals surface area contributed by atoms with E-state index in [1.807, 2.05) is 17.8 Å². The fourth-order valence-electron chi connectivity index (χ4n) is 3.03. The molecule has 0 amide bonds. The first-order valence-electron chi connectivity index (χ1n) is 8.95. The fraction of sp³-hybridized carbons (Fsp3) is 0.765. The maximum absolute atomic E-state index is 5.78. The van der Waals surface area contributed by atoms with Crippen LogP contribution in [0.15, 0.2) is 17.3 Å². The highest BCUT2D eigenvalue weighted by molar-refractivity contribution is 5.79. The predicted octanol–water partition coefficient (Wildman–Crippen LogP) is 0.975. The number of guanidine groups is 1. The molecule has 0 saturated carbocycles. The summed E-state index contributed by atoms with van der Waals surface area (Å²) < 4.78 is 7.63. The lowest BCUT2D eigenvalue weighted by Gasteiger charge is -2.35. The van der Waals surface area contributed by atoms with Gasteiger partial charge in [-0.1, -0.05) is 0 Å². The molecule has 1 aliphatic heterocycles. The molecule has 0 bridgehead atoms. The molecule has 1 fully saturated rings. The van der Waals surface area contributed by atoms with Crippen molar-refractivity contribution in [2.45, 2.75) is 45.9 Å². The normalized spacial score (nSPS) is 22.6. The van der Waals surface area contributed by atoms with Gasteiger partial charge in [0.05, 0.1) is 24.4 Å². The van der Waals surface area contributed by atoms with Crippen molar-refractivity contribution in [3.05, 3.63) is 18.0 Å². The molecule has 0 radical (unpaired) electrons. The van der Waals surface area contributed by atoms with Gasteiger partial charge in [0.2, 0.25) is 0 Å². The minimum absolute atomic E-state index is 0.333. The summed E-state index contributed by atoms with van der Waals surface area (Å²) in [6.45, 7) is 11.9. The van der Waals surface area contributed by atoms with Crippen molar-refractivity contribution >= 4 is 5.96 Å². The molecule has 7 nitrogen and oxygen atoms in total. The zero-order chi connectivity index (χ0) is 17.4. The van der Waals surface area contributed by atoms with E-state index in [0.29, 0.717) is 18.8 Å². The van der Waals surface area contributed by atoms with Gasteiger partial charge < -0.3 is 15.4 Å². The van der Waals surface area contributed by atoms with Crippen molar-refractivity contribution in [2.24, 2.45) is 12.0 Å². The maximum atomic E-state index is 5.78. The van der Waals surface area contributed by atoms with Crippen LogP contribution in [0.2, 0.25) is 0 Å². The topological polar surface area (TPSA) is 66.7 Å². The Hall–Kier alpha value is -1.60. The number of ether oxygens (including phenoxy) is 1. The van der Waals surface area contributed by atoms with Crippen molar-refractivity contribution in [2.75, 3.05) is 32.7 Å². The van der Waals surface area contributed by atoms with Gasteiger partial charge in [-0.2, -0.15) is 5.10 Å². The molecule has 1 saturated heterocycles. The summed E-state index contributed by atoms with van der Waals surface area (Å²) >= 11 is 0. The molecule has 2 N–H and O–H groups in total. The van der Waals surface area contributed by atoms with E-state index >= 15 is 0 Å². The number of aliphatic imine (C=N–C) groups is 1. The van der Waals surface area contributed by atoms with Crippen molar-refractivity contribution in [3.8, 4) is 0 Å². The third kappa shape index (κ3) is 6.13. The number of rotatable bonds is 7. The molecule has 1 aliphatic rings. The van der Waals surface area contributed by atoms with Gasteiger partial charge in [-0.15, -0.1) is 0 Å². The van der Waals surface area contributed by atoms with Crippen LogP contribution >= 0.6 is 0 Å². The van der Waals surface area contributed by atoms with E-state index < -0.39 is 0 Å². The average Bonchev–Trinajstić information content (AvgIpc) is 2.93. The summed E-state index contributed by atoms with van der Waals surface area (Å²) in [5.41, 5.74) is 1.10. The van der Waals surface area contributed by atoms with Crippen molar-refractivity contribution in [3.63, 3.8) is 0 Å². The van der Waals surface area contributed by atoms with Crippen LogP contribution in [0.4, 0.5) is 0 Å². The van der Waals surface area contributed by atoms with E-state index in [-0.39, 0.29) is 0 Å². The molecule has 136 valence electrons. The average molecular weight is 336 g/mol. The van der Waals surface area contributed by atoms with Crippen LogP contribution in [0.5, 0.6) is 0 Å². The number of aryl methyl sites for hydroxylation is 1. The second-order valence-electron chi connectivity index (χ2n) is 6.44. The first-order chi connectivity index (χ1) is 11.6. The monoisotopic (exact) mass is 336 g/mol. The van der Waals surface area contributed by atoms with Gasteiger partial charge in [-0.25, -0.2) is 4.99 Å². The lowest BCUT2D eigenvalue weighted by atomic mass is 10.2. The summed E-state index contributed by atoms with van der Waals surface area (Å²) in [6, 6.07) is 1.99. The highest BCUT2D eigenvalue weighted by Crippen LogP contribution is 2.10. The summed E-state index contributed by atoms with van der Waals surface area (Å²) in [7, 11) is 1.94. The van der Waals surface area contributed by atoms with Gasteiger partial charge in [0.1, 0.15) is 0 Å². The van der Waals surface area contributed by atoms with Gasteiger partial charge in [0, 0.05) is 46.0 Å². The molecule has 1 aromatic heterocycles. The van der Waals surface area contributed by atoms with E-state index in [1.54, 1.807) is 6.20 Å². The second-order valence-corrected chi connectivity index (χ2v) is 6.44. The first kappa shape index (κ1) is 18.7. The van der Waals surface area contributed by atoms with Gasteiger partial charge in [0.15, 0.2) is 5.96 Å². The molecule has 2 rings (SSSR count). The van der Waals surface area contributed by atoms with Crippen molar-refractivity contribution in [1.29, 1.82) is 0 Å². The van der Waals surface area contributed by atoms with Gasteiger partial charge in [-0.05, 0) is 33.3 Å². The smallest absolute Gasteiger partial charge is 0.191 e. The minimum Gasteiger partial charge on any atom is -0.373 e. The molecule has 0 aliphatic carbocycles. The Balaban J connectivity index is 1.72. The summed E-state index contributed by atoms with van der Waals surface area (Å²) in [5, 5.41) is 10.9. The molecule has 7 heteroatoms. The SMILES string of the molecule is CCNC(=NCc1ccnn1C)NCCCN1CC(C)OC(C)C1. The number of aromatic nitrogens is 2. The van der Waals surface area contributed by atoms with E-state index in [9.17, 15) is 0 Å². The number of hydrogen-bond acceptors (Lipinski definition) is 4. The molecule has 2 heterocycles. The molecule has 0 aromatic carbocycles. The zero-order valence-electron chi connectivity index (χ0n) is 15.5. The quantitative estimate of drug-likeness (QED) is 0.441. The van der Waals surface area contributed by atoms with Crippen LogP contribution in [-0.2, 0) is 18.3 Å². The van der Waals surface area contributed by atoms with E-state index in [2.05, 4.69) is 46.4 Å². The largest absolute Gasteiger partial charge is 0.373 e. The number of morpholine rings is 1. The highest BCUT2D eigenvalue weighted by atomic mass is 16.5. The second kappa shape index (κ2) is 9.64. The minimum atomic E-state index is 0.333. The van der Waals surface area contributed by atoms with Gasteiger partial charge in [0.25, 0.3) is 0 Å². The third-order valence-corrected chi connectivity index (χ3v) is 4.10. The maximum Gasteiger partial charge on any atom is 0.191 e. The molecule has 1 aromatic rings. The van der Waals surface area contributed by atoms with E-state index in [4.69, 9.17) is 4.74 Å². The van der Waals surface area contributed by atoms with Crippen LogP contribution < -0.4 is 10.6 Å². The standard InChI is InChI=1S/C17H32N6O/c1-5-18-17(20-11-16-7-9-21-22(16)4)19-8-6-10-23-12-14(2)24-15(3)13-23/h7,9,14-15H,5-6,8,10-13H2,1-4H3,(H2,18,19,20). The zero-order valence-corrected chi connectivity index (χ0v) is 15.5. The van der Waals surface area contributed by atoms with Crippen LogP contribution in [0.25, 0.3) is 0 Å².